The minimum atomic E-state index is -4.14. The van der Waals surface area contributed by atoms with Crippen molar-refractivity contribution in [2.45, 2.75) is 45.4 Å². The second kappa shape index (κ2) is 17.1. The molecule has 2 fully saturated rings. The van der Waals surface area contributed by atoms with Gasteiger partial charge in [-0.25, -0.2) is 13.8 Å². The Morgan fingerprint density at radius 2 is 1.70 bits per heavy atom. The average molecular weight is 855 g/mol. The highest BCUT2D eigenvalue weighted by Crippen LogP contribution is 2.31. The molecule has 19 heteroatoms. The highest BCUT2D eigenvalue weighted by atomic mass is 32.2. The quantitative estimate of drug-likeness (QED) is 0.1000. The molecule has 1 unspecified atom stereocenters. The summed E-state index contributed by atoms with van der Waals surface area (Å²) in [5.41, 5.74) is 4.00. The van der Waals surface area contributed by atoms with Crippen LogP contribution in [0.15, 0.2) is 67.1 Å². The number of piperazine rings is 1. The van der Waals surface area contributed by atoms with Gasteiger partial charge in [0.15, 0.2) is 5.82 Å². The van der Waals surface area contributed by atoms with Crippen LogP contribution >= 0.6 is 0 Å². The minimum Gasteiger partial charge on any atom is -0.374 e. The number of aromatic amines is 1. The van der Waals surface area contributed by atoms with Crippen LogP contribution in [-0.4, -0.2) is 118 Å². The first kappa shape index (κ1) is 41.6. The van der Waals surface area contributed by atoms with E-state index in [4.69, 9.17) is 0 Å². The van der Waals surface area contributed by atoms with Gasteiger partial charge >= 0.3 is 10.2 Å². The number of pyridine rings is 2. The van der Waals surface area contributed by atoms with E-state index in [0.29, 0.717) is 87.4 Å². The van der Waals surface area contributed by atoms with Gasteiger partial charge in [0.25, 0.3) is 0 Å². The van der Waals surface area contributed by atoms with E-state index in [1.54, 1.807) is 25.4 Å². The van der Waals surface area contributed by atoms with Gasteiger partial charge in [-0.1, -0.05) is 19.1 Å². The maximum atomic E-state index is 15.6. The number of imide groups is 1. The van der Waals surface area contributed by atoms with Crippen molar-refractivity contribution >= 4 is 56.1 Å². The maximum absolute atomic E-state index is 15.6. The van der Waals surface area contributed by atoms with Crippen molar-refractivity contribution in [1.82, 2.24) is 39.3 Å². The number of carbonyl (C=O) groups excluding carboxylic acids is 4. The number of fused-ring (bicyclic) bond motifs is 2. The first-order valence-electron chi connectivity index (χ1n) is 19.9. The molecule has 0 spiro atoms. The number of anilines is 2. The van der Waals surface area contributed by atoms with Crippen LogP contribution in [-0.2, 0) is 44.2 Å². The van der Waals surface area contributed by atoms with Crippen molar-refractivity contribution in [3.05, 3.63) is 107 Å². The summed E-state index contributed by atoms with van der Waals surface area (Å²) in [4.78, 5) is 68.8. The molecule has 3 aliphatic heterocycles. The predicted molar refractivity (Wildman–Crippen MR) is 222 cm³/mol. The standard InChI is InChI=1S/C42H44F2N10O6S/c1-3-51(2)61(59,60)50-34-9-8-33(43)38(39(34)44)40(57)32-20-47-41-31(32)17-27(19-46-41)25-4-7-30(45-18-25)23-52-12-14-54(15-13-52)37(56)24-53-21-26-5-6-29(16-28(26)22-53)48-35-10-11-36(55)49-42(35)58/h4-9,16-20,35,48,50H,3,10-15,21-24H2,1-2H3,(H,46,47)(H,49,55,58). The second-order valence-electron chi connectivity index (χ2n) is 15.4. The fourth-order valence-electron chi connectivity index (χ4n) is 7.77. The van der Waals surface area contributed by atoms with Gasteiger partial charge in [-0.2, -0.15) is 12.7 Å². The van der Waals surface area contributed by atoms with Crippen LogP contribution in [0, 0.1) is 11.6 Å². The van der Waals surface area contributed by atoms with Crippen LogP contribution in [0.2, 0.25) is 0 Å². The van der Waals surface area contributed by atoms with Crippen molar-refractivity contribution in [1.29, 1.82) is 0 Å². The van der Waals surface area contributed by atoms with Crippen LogP contribution in [0.5, 0.6) is 0 Å². The number of carbonyl (C=O) groups is 4. The Bertz CT molecular complexity index is 2650. The molecule has 3 amide bonds. The summed E-state index contributed by atoms with van der Waals surface area (Å²) >= 11 is 0. The summed E-state index contributed by atoms with van der Waals surface area (Å²) in [6, 6.07) is 12.7. The molecular weight excluding hydrogens is 811 g/mol. The topological polar surface area (TPSA) is 193 Å². The average Bonchev–Trinajstić information content (AvgIpc) is 3.86. The van der Waals surface area contributed by atoms with Gasteiger partial charge in [-0.15, -0.1) is 0 Å². The van der Waals surface area contributed by atoms with Crippen LogP contribution in [0.4, 0.5) is 20.2 Å². The molecule has 3 aliphatic rings. The third-order valence-corrected chi connectivity index (χ3v) is 12.9. The van der Waals surface area contributed by atoms with Crippen molar-refractivity contribution in [3.8, 4) is 11.1 Å². The third-order valence-electron chi connectivity index (χ3n) is 11.4. The van der Waals surface area contributed by atoms with Crippen LogP contribution in [0.3, 0.4) is 0 Å². The van der Waals surface area contributed by atoms with Crippen molar-refractivity contribution in [3.63, 3.8) is 0 Å². The van der Waals surface area contributed by atoms with E-state index in [1.165, 1.54) is 13.2 Å². The van der Waals surface area contributed by atoms with Crippen molar-refractivity contribution in [2.75, 3.05) is 56.4 Å². The molecular formula is C42H44F2N10O6S. The number of nitrogens with zero attached hydrogens (tertiary/aromatic N) is 6. The molecule has 0 aliphatic carbocycles. The van der Waals surface area contributed by atoms with Crippen LogP contribution in [0.1, 0.15) is 52.5 Å². The lowest BCUT2D eigenvalue weighted by atomic mass is 10.00. The highest BCUT2D eigenvalue weighted by Gasteiger charge is 2.30. The van der Waals surface area contributed by atoms with E-state index in [9.17, 15) is 27.6 Å². The molecule has 6 heterocycles. The maximum Gasteiger partial charge on any atom is 0.301 e. The van der Waals surface area contributed by atoms with Gasteiger partial charge in [0, 0.05) is 112 Å². The highest BCUT2D eigenvalue weighted by molar-refractivity contribution is 7.90. The van der Waals surface area contributed by atoms with Crippen molar-refractivity contribution < 1.29 is 36.4 Å². The monoisotopic (exact) mass is 854 g/mol. The van der Waals surface area contributed by atoms with Crippen LogP contribution in [0.25, 0.3) is 22.2 Å². The van der Waals surface area contributed by atoms with Crippen LogP contribution < -0.4 is 15.4 Å². The van der Waals surface area contributed by atoms with E-state index in [-0.39, 0.29) is 29.8 Å². The number of nitrogens with one attached hydrogen (secondary N) is 4. The van der Waals surface area contributed by atoms with E-state index in [2.05, 4.69) is 40.1 Å². The van der Waals surface area contributed by atoms with E-state index >= 15 is 8.78 Å². The molecule has 1 atom stereocenters. The van der Waals surface area contributed by atoms with E-state index in [1.807, 2.05) is 35.2 Å². The molecule has 3 aromatic heterocycles. The Morgan fingerprint density at radius 3 is 2.44 bits per heavy atom. The second-order valence-corrected chi connectivity index (χ2v) is 17.2. The predicted octanol–water partition coefficient (Wildman–Crippen LogP) is 3.62. The molecule has 0 bridgehead atoms. The lowest BCUT2D eigenvalue weighted by Gasteiger charge is -2.35. The zero-order valence-electron chi connectivity index (χ0n) is 33.5. The molecule has 2 saturated heterocycles. The Labute approximate surface area is 350 Å². The fraction of sp³-hybridized carbons (Fsp3) is 0.333. The Balaban J connectivity index is 0.851. The molecule has 16 nitrogen and oxygen atoms in total. The van der Waals surface area contributed by atoms with Gasteiger partial charge in [0.2, 0.25) is 23.5 Å². The zero-order valence-corrected chi connectivity index (χ0v) is 34.3. The number of ketones is 1. The minimum absolute atomic E-state index is 0.0456. The molecule has 5 aromatic rings. The number of rotatable bonds is 13. The molecule has 2 aromatic carbocycles. The van der Waals surface area contributed by atoms with Gasteiger partial charge in [-0.05, 0) is 53.9 Å². The first-order valence-corrected chi connectivity index (χ1v) is 21.3. The number of H-pyrrole nitrogens is 1. The number of amides is 3. The van der Waals surface area contributed by atoms with Gasteiger partial charge in [-0.3, -0.25) is 44.0 Å². The van der Waals surface area contributed by atoms with Gasteiger partial charge in [0.1, 0.15) is 17.5 Å². The largest absolute Gasteiger partial charge is 0.374 e. The number of aromatic nitrogens is 3. The number of benzene rings is 2. The number of hydrogen-bond donors (Lipinski definition) is 4. The Hall–Kier alpha value is -6.15. The smallest absolute Gasteiger partial charge is 0.301 e. The van der Waals surface area contributed by atoms with Gasteiger partial charge in [0.05, 0.1) is 23.5 Å². The summed E-state index contributed by atoms with van der Waals surface area (Å²) in [5.74, 6) is -3.97. The molecule has 0 saturated carbocycles. The number of halogens is 2. The molecule has 8 rings (SSSR count). The first-order chi connectivity index (χ1) is 29.3. The molecule has 0 radical (unpaired) electrons. The van der Waals surface area contributed by atoms with E-state index in [0.717, 1.165) is 38.9 Å². The molecule has 61 heavy (non-hydrogen) atoms. The zero-order chi connectivity index (χ0) is 43.0. The lowest BCUT2D eigenvalue weighted by molar-refractivity contribution is -0.135. The van der Waals surface area contributed by atoms with Gasteiger partial charge < -0.3 is 15.2 Å². The van der Waals surface area contributed by atoms with E-state index < -0.39 is 44.9 Å². The Morgan fingerprint density at radius 1 is 0.934 bits per heavy atom. The Kier molecular flexibility index (Phi) is 11.6. The summed E-state index contributed by atoms with van der Waals surface area (Å²) in [5, 5.41) is 5.92. The summed E-state index contributed by atoms with van der Waals surface area (Å²) < 4.78 is 58.7. The normalized spacial score (nSPS) is 17.5. The lowest BCUT2D eigenvalue weighted by Crippen LogP contribution is -2.50. The third kappa shape index (κ3) is 8.86. The molecule has 4 N–H and O–H groups in total. The summed E-state index contributed by atoms with van der Waals surface area (Å²) in [6.45, 7) is 6.40. The van der Waals surface area contributed by atoms with Crippen molar-refractivity contribution in [2.24, 2.45) is 0 Å². The number of hydrogen-bond acceptors (Lipinski definition) is 11. The number of piperidine rings is 1. The molecule has 318 valence electrons. The fourth-order valence-corrected chi connectivity index (χ4v) is 8.71. The summed E-state index contributed by atoms with van der Waals surface area (Å²) in [7, 11) is -2.85. The summed E-state index contributed by atoms with van der Waals surface area (Å²) in [6.07, 6.45) is 5.35. The SMILES string of the molecule is CCN(C)S(=O)(=O)Nc1ccc(F)c(C(=O)c2c[nH]c3ncc(-c4ccc(CN5CCN(C(=O)CN6Cc7ccc(NC8CCC(=O)NC8=O)cc7C6)CC5)nc4)cc23)c1F.